The highest BCUT2D eigenvalue weighted by Crippen LogP contribution is 2.33. The first kappa shape index (κ1) is 12.7. The Morgan fingerprint density at radius 3 is 2.27 bits per heavy atom. The lowest BCUT2D eigenvalue weighted by molar-refractivity contribution is 1.50. The van der Waals surface area contributed by atoms with Gasteiger partial charge in [-0.3, -0.25) is 0 Å². The summed E-state index contributed by atoms with van der Waals surface area (Å²) in [5, 5.41) is 3.14. The number of benzene rings is 2. The van der Waals surface area contributed by atoms with E-state index in [0.717, 1.165) is 15.7 Å². The van der Waals surface area contributed by atoms with Crippen molar-refractivity contribution in [1.82, 2.24) is 0 Å². The van der Waals surface area contributed by atoms with E-state index < -0.39 is 0 Å². The second-order valence-corrected chi connectivity index (χ2v) is 4.00. The molecule has 0 spiro atoms. The molecule has 0 radical (unpaired) electrons. The molecule has 80 valence electrons. The summed E-state index contributed by atoms with van der Waals surface area (Å²) in [7, 11) is 0. The topological polar surface area (TPSA) is 0 Å². The normalized spacial score (nSPS) is 9.67. The molecule has 0 saturated carbocycles. The van der Waals surface area contributed by atoms with Crippen LogP contribution in [0.15, 0.2) is 35.2 Å². The fraction of sp³-hybridized carbons (Fsp3) is 0.167. The highest BCUT2D eigenvalue weighted by atomic mass is 35.5. The summed E-state index contributed by atoms with van der Waals surface area (Å²) < 4.78 is 0. The molecule has 0 heterocycles. The maximum Gasteiger partial charge on any atom is 0.0671 e. The zero-order valence-corrected chi connectivity index (χ0v) is 11.0. The van der Waals surface area contributed by atoms with Crippen molar-refractivity contribution in [3.05, 3.63) is 40.4 Å². The lowest BCUT2D eigenvalue weighted by atomic mass is 10.1. The van der Waals surface area contributed by atoms with Gasteiger partial charge in [0.1, 0.15) is 0 Å². The molecular formula is C12H12Cl2S. The van der Waals surface area contributed by atoms with E-state index in [1.807, 2.05) is 38.1 Å². The van der Waals surface area contributed by atoms with Gasteiger partial charge in [0.05, 0.1) is 10.0 Å². The Morgan fingerprint density at radius 1 is 0.933 bits per heavy atom. The Labute approximate surface area is 106 Å². The third kappa shape index (κ3) is 2.60. The van der Waals surface area contributed by atoms with Crippen LogP contribution in [0.25, 0.3) is 10.8 Å². The number of fused-ring (bicyclic) bond motifs is 1. The lowest BCUT2D eigenvalue weighted by Crippen LogP contribution is -1.77. The number of hydrogen-bond acceptors (Lipinski definition) is 1. The zero-order chi connectivity index (χ0) is 11.4. The number of hydrogen-bond donors (Lipinski definition) is 1. The van der Waals surface area contributed by atoms with Gasteiger partial charge in [-0.15, -0.1) is 12.6 Å². The van der Waals surface area contributed by atoms with Gasteiger partial charge < -0.3 is 0 Å². The van der Waals surface area contributed by atoms with Gasteiger partial charge in [0.25, 0.3) is 0 Å². The summed E-state index contributed by atoms with van der Waals surface area (Å²) in [6, 6.07) is 9.48. The van der Waals surface area contributed by atoms with E-state index in [2.05, 4.69) is 12.6 Å². The minimum atomic E-state index is 0.577. The van der Waals surface area contributed by atoms with E-state index in [4.69, 9.17) is 23.2 Å². The van der Waals surface area contributed by atoms with Gasteiger partial charge in [0.2, 0.25) is 0 Å². The van der Waals surface area contributed by atoms with Crippen molar-refractivity contribution in [3.8, 4) is 0 Å². The van der Waals surface area contributed by atoms with Gasteiger partial charge in [0, 0.05) is 10.3 Å². The predicted molar refractivity (Wildman–Crippen MR) is 72.6 cm³/mol. The van der Waals surface area contributed by atoms with Gasteiger partial charge in [-0.1, -0.05) is 55.2 Å². The molecule has 0 aliphatic heterocycles. The molecule has 0 fully saturated rings. The van der Waals surface area contributed by atoms with E-state index >= 15 is 0 Å². The van der Waals surface area contributed by atoms with Crippen LogP contribution in [0.4, 0.5) is 0 Å². The largest absolute Gasteiger partial charge is 0.143 e. The maximum atomic E-state index is 6.03. The molecule has 3 heteroatoms. The number of thiol groups is 1. The minimum absolute atomic E-state index is 0.577. The van der Waals surface area contributed by atoms with Gasteiger partial charge in [-0.05, 0) is 17.5 Å². The summed E-state index contributed by atoms with van der Waals surface area (Å²) in [5.41, 5.74) is 0. The van der Waals surface area contributed by atoms with Crippen molar-refractivity contribution in [2.75, 3.05) is 0 Å². The Balaban J connectivity index is 0.000000531. The molecule has 0 aliphatic rings. The molecule has 0 unspecified atom stereocenters. The van der Waals surface area contributed by atoms with E-state index in [1.54, 1.807) is 6.07 Å². The molecule has 0 aliphatic carbocycles. The second kappa shape index (κ2) is 5.64. The summed E-state index contributed by atoms with van der Waals surface area (Å²) in [6.45, 7) is 4.00. The zero-order valence-electron chi connectivity index (χ0n) is 8.59. The van der Waals surface area contributed by atoms with Gasteiger partial charge in [0.15, 0.2) is 0 Å². The van der Waals surface area contributed by atoms with Gasteiger partial charge in [-0.25, -0.2) is 0 Å². The van der Waals surface area contributed by atoms with Crippen LogP contribution in [-0.2, 0) is 0 Å². The van der Waals surface area contributed by atoms with E-state index in [0.29, 0.717) is 10.0 Å². The van der Waals surface area contributed by atoms with Crippen molar-refractivity contribution in [2.24, 2.45) is 0 Å². The maximum absolute atomic E-state index is 6.03. The van der Waals surface area contributed by atoms with E-state index in [9.17, 15) is 0 Å². The molecule has 15 heavy (non-hydrogen) atoms. The fourth-order valence-electron chi connectivity index (χ4n) is 1.28. The quantitative estimate of drug-likeness (QED) is 0.596. The Hall–Kier alpha value is -0.370. The monoisotopic (exact) mass is 258 g/mol. The summed E-state index contributed by atoms with van der Waals surface area (Å²) >= 11 is 16.2. The molecule has 2 aromatic carbocycles. The molecule has 0 atom stereocenters. The summed E-state index contributed by atoms with van der Waals surface area (Å²) in [5.74, 6) is 0. The average Bonchev–Trinajstić information content (AvgIpc) is 2.27. The molecule has 0 nitrogen and oxygen atoms in total. The molecular weight excluding hydrogens is 247 g/mol. The first-order valence-electron chi connectivity index (χ1n) is 4.76. The Kier molecular flexibility index (Phi) is 4.78. The lowest BCUT2D eigenvalue weighted by Gasteiger charge is -2.03. The first-order chi connectivity index (χ1) is 7.20. The SMILES string of the molecule is CC.Sc1cccc2c(Cl)c(Cl)ccc12. The average molecular weight is 259 g/mol. The highest BCUT2D eigenvalue weighted by Gasteiger charge is 2.04. The van der Waals surface area contributed by atoms with Crippen LogP contribution in [0.1, 0.15) is 13.8 Å². The Morgan fingerprint density at radius 2 is 1.60 bits per heavy atom. The van der Waals surface area contributed by atoms with Crippen molar-refractivity contribution < 1.29 is 0 Å². The van der Waals surface area contributed by atoms with Gasteiger partial charge in [-0.2, -0.15) is 0 Å². The van der Waals surface area contributed by atoms with E-state index in [-0.39, 0.29) is 0 Å². The fourth-order valence-corrected chi connectivity index (χ4v) is 1.95. The standard InChI is InChI=1S/C10H6Cl2S.C2H6/c11-8-5-4-6-7(10(8)12)2-1-3-9(6)13;1-2/h1-5,13H;1-2H3. The van der Waals surface area contributed by atoms with Crippen LogP contribution in [0.2, 0.25) is 10.0 Å². The van der Waals surface area contributed by atoms with Crippen molar-refractivity contribution in [1.29, 1.82) is 0 Å². The first-order valence-corrected chi connectivity index (χ1v) is 5.96. The van der Waals surface area contributed by atoms with Gasteiger partial charge >= 0.3 is 0 Å². The molecule has 0 N–H and O–H groups in total. The third-order valence-corrected chi connectivity index (χ3v) is 3.13. The van der Waals surface area contributed by atoms with Crippen LogP contribution >= 0.6 is 35.8 Å². The summed E-state index contributed by atoms with van der Waals surface area (Å²) in [6.07, 6.45) is 0. The highest BCUT2D eigenvalue weighted by molar-refractivity contribution is 7.80. The summed E-state index contributed by atoms with van der Waals surface area (Å²) in [4.78, 5) is 0.913. The van der Waals surface area contributed by atoms with Crippen LogP contribution < -0.4 is 0 Å². The molecule has 0 amide bonds. The molecule has 0 aromatic heterocycles. The van der Waals surface area contributed by atoms with Crippen LogP contribution in [-0.4, -0.2) is 0 Å². The van der Waals surface area contributed by atoms with Crippen LogP contribution in [0.5, 0.6) is 0 Å². The Bertz CT molecular complexity index is 466. The smallest absolute Gasteiger partial charge is 0.0671 e. The number of halogens is 2. The predicted octanol–water partition coefficient (Wildman–Crippen LogP) is 5.46. The third-order valence-electron chi connectivity index (χ3n) is 1.93. The second-order valence-electron chi connectivity index (χ2n) is 2.73. The van der Waals surface area contributed by atoms with Crippen molar-refractivity contribution in [2.45, 2.75) is 18.7 Å². The van der Waals surface area contributed by atoms with Crippen LogP contribution in [0.3, 0.4) is 0 Å². The molecule has 2 aromatic rings. The molecule has 0 bridgehead atoms. The molecule has 0 saturated heterocycles. The molecule has 2 rings (SSSR count). The van der Waals surface area contributed by atoms with Crippen LogP contribution in [0, 0.1) is 0 Å². The van der Waals surface area contributed by atoms with Crippen molar-refractivity contribution >= 4 is 46.6 Å². The van der Waals surface area contributed by atoms with E-state index in [1.165, 1.54) is 0 Å². The minimum Gasteiger partial charge on any atom is -0.143 e. The number of rotatable bonds is 0. The van der Waals surface area contributed by atoms with Crippen molar-refractivity contribution in [3.63, 3.8) is 0 Å².